The molecule has 132 valence electrons. The molecule has 2 bridgehead atoms. The molecular weight excluding hydrogens is 340 g/mol. The van der Waals surface area contributed by atoms with Crippen molar-refractivity contribution in [2.24, 2.45) is 0 Å². The minimum atomic E-state index is -0.884. The lowest BCUT2D eigenvalue weighted by Crippen LogP contribution is -2.46. The van der Waals surface area contributed by atoms with Crippen molar-refractivity contribution in [1.29, 1.82) is 0 Å². The van der Waals surface area contributed by atoms with Crippen LogP contribution in [-0.4, -0.2) is 18.4 Å². The van der Waals surface area contributed by atoms with Crippen LogP contribution in [0.1, 0.15) is 22.3 Å². The molecule has 0 aromatic heterocycles. The van der Waals surface area contributed by atoms with E-state index in [9.17, 15) is 4.79 Å². The van der Waals surface area contributed by atoms with Crippen molar-refractivity contribution in [3.8, 4) is 0 Å². The largest absolute Gasteiger partial charge is 0.509 e. The van der Waals surface area contributed by atoms with Crippen molar-refractivity contribution < 1.29 is 19.0 Å². The molecule has 0 amide bonds. The predicted molar refractivity (Wildman–Crippen MR) is 97.1 cm³/mol. The highest BCUT2D eigenvalue weighted by molar-refractivity contribution is 5.68. The molecule has 4 nitrogen and oxygen atoms in total. The molecule has 2 fully saturated rings. The number of carbonyl (C=O) groups excluding carboxylic acids is 1. The van der Waals surface area contributed by atoms with Gasteiger partial charge in [0.2, 0.25) is 0 Å². The van der Waals surface area contributed by atoms with Crippen molar-refractivity contribution in [3.63, 3.8) is 0 Å². The molecule has 0 radical (unpaired) electrons. The van der Waals surface area contributed by atoms with Gasteiger partial charge < -0.3 is 14.2 Å². The highest BCUT2D eigenvalue weighted by Gasteiger charge is 2.76. The minimum Gasteiger partial charge on any atom is -0.423 e. The first-order chi connectivity index (χ1) is 13.3. The molecule has 27 heavy (non-hydrogen) atoms. The SMILES string of the molecule is O=C1O[C@H]2[C@H](O1)[C@@]1(c3ccccc3)O[C@@]2(c2ccccc2)c2ccccc21. The lowest BCUT2D eigenvalue weighted by Gasteiger charge is -2.33. The van der Waals surface area contributed by atoms with Crippen molar-refractivity contribution in [1.82, 2.24) is 0 Å². The summed E-state index contributed by atoms with van der Waals surface area (Å²) in [5, 5.41) is 0. The maximum absolute atomic E-state index is 12.2. The topological polar surface area (TPSA) is 44.8 Å². The lowest BCUT2D eigenvalue weighted by molar-refractivity contribution is -0.0928. The Balaban J connectivity index is 1.71. The van der Waals surface area contributed by atoms with Crippen LogP contribution in [-0.2, 0) is 25.4 Å². The van der Waals surface area contributed by atoms with Gasteiger partial charge in [-0.3, -0.25) is 0 Å². The monoisotopic (exact) mass is 356 g/mol. The Labute approximate surface area is 156 Å². The Hall–Kier alpha value is -3.11. The summed E-state index contributed by atoms with van der Waals surface area (Å²) in [5.74, 6) is 0. The number of hydrogen-bond donors (Lipinski definition) is 0. The normalized spacial score (nSPS) is 32.5. The van der Waals surface area contributed by atoms with Crippen LogP contribution in [0.15, 0.2) is 84.9 Å². The third-order valence-corrected chi connectivity index (χ3v) is 5.98. The first-order valence-electron chi connectivity index (χ1n) is 9.05. The fourth-order valence-electron chi connectivity index (χ4n) is 5.00. The molecule has 4 atom stereocenters. The number of benzene rings is 3. The quantitative estimate of drug-likeness (QED) is 0.648. The third kappa shape index (κ3) is 1.65. The van der Waals surface area contributed by atoms with Crippen LogP contribution < -0.4 is 0 Å². The number of carbonyl (C=O) groups is 1. The van der Waals surface area contributed by atoms with Crippen molar-refractivity contribution >= 4 is 6.16 Å². The Morgan fingerprint density at radius 3 is 1.44 bits per heavy atom. The van der Waals surface area contributed by atoms with E-state index < -0.39 is 29.6 Å². The second-order valence-corrected chi connectivity index (χ2v) is 7.18. The predicted octanol–water partition coefficient (Wildman–Crippen LogP) is 4.12. The van der Waals surface area contributed by atoms with Crippen LogP contribution in [0.25, 0.3) is 0 Å². The molecule has 2 saturated heterocycles. The summed E-state index contributed by atoms with van der Waals surface area (Å²) in [6.45, 7) is 0. The highest BCUT2D eigenvalue weighted by atomic mass is 16.8. The Bertz CT molecular complexity index is 966. The molecule has 3 aromatic rings. The Morgan fingerprint density at radius 1 is 0.593 bits per heavy atom. The molecule has 3 heterocycles. The molecule has 6 rings (SSSR count). The summed E-state index contributed by atoms with van der Waals surface area (Å²) in [6.07, 6.45) is -1.72. The van der Waals surface area contributed by atoms with E-state index in [1.165, 1.54) is 0 Å². The highest BCUT2D eigenvalue weighted by Crippen LogP contribution is 2.66. The van der Waals surface area contributed by atoms with Crippen molar-refractivity contribution in [3.05, 3.63) is 107 Å². The molecule has 3 aliphatic rings. The van der Waals surface area contributed by atoms with E-state index in [1.54, 1.807) is 0 Å². The molecular formula is C23H16O4. The summed E-state index contributed by atoms with van der Waals surface area (Å²) >= 11 is 0. The molecule has 3 aromatic carbocycles. The first-order valence-corrected chi connectivity index (χ1v) is 9.05. The van der Waals surface area contributed by atoms with Gasteiger partial charge in [0.1, 0.15) is 0 Å². The average Bonchev–Trinajstić information content (AvgIpc) is 3.35. The molecule has 0 N–H and O–H groups in total. The third-order valence-electron chi connectivity index (χ3n) is 5.98. The number of ether oxygens (including phenoxy) is 3. The molecule has 0 aliphatic carbocycles. The van der Waals surface area contributed by atoms with Crippen LogP contribution in [0.4, 0.5) is 4.79 Å². The van der Waals surface area contributed by atoms with Crippen LogP contribution in [0.5, 0.6) is 0 Å². The van der Waals surface area contributed by atoms with Gasteiger partial charge in [-0.15, -0.1) is 0 Å². The van der Waals surface area contributed by atoms with E-state index in [4.69, 9.17) is 14.2 Å². The van der Waals surface area contributed by atoms with Gasteiger partial charge in [0.05, 0.1) is 0 Å². The van der Waals surface area contributed by atoms with Gasteiger partial charge in [-0.25, -0.2) is 4.79 Å². The van der Waals surface area contributed by atoms with E-state index in [0.29, 0.717) is 0 Å². The van der Waals surface area contributed by atoms with Crippen molar-refractivity contribution in [2.45, 2.75) is 23.4 Å². The van der Waals surface area contributed by atoms with Crippen LogP contribution in [0, 0.1) is 0 Å². The van der Waals surface area contributed by atoms with E-state index in [2.05, 4.69) is 12.1 Å². The summed E-state index contributed by atoms with van der Waals surface area (Å²) < 4.78 is 18.3. The van der Waals surface area contributed by atoms with Crippen LogP contribution in [0.2, 0.25) is 0 Å². The van der Waals surface area contributed by atoms with Gasteiger partial charge in [0.15, 0.2) is 23.4 Å². The maximum atomic E-state index is 12.2. The zero-order valence-corrected chi connectivity index (χ0v) is 14.4. The molecule has 4 heteroatoms. The summed E-state index contributed by atoms with van der Waals surface area (Å²) in [6, 6.07) is 28.0. The zero-order chi connectivity index (χ0) is 18.1. The number of fused-ring (bicyclic) bond motifs is 8. The lowest BCUT2D eigenvalue weighted by atomic mass is 9.68. The second kappa shape index (κ2) is 4.99. The number of hydrogen-bond acceptors (Lipinski definition) is 4. The van der Waals surface area contributed by atoms with Crippen molar-refractivity contribution in [2.75, 3.05) is 0 Å². The Morgan fingerprint density at radius 2 is 1.00 bits per heavy atom. The van der Waals surface area contributed by atoms with E-state index >= 15 is 0 Å². The van der Waals surface area contributed by atoms with E-state index in [0.717, 1.165) is 22.3 Å². The minimum absolute atomic E-state index is 0.539. The maximum Gasteiger partial charge on any atom is 0.509 e. The van der Waals surface area contributed by atoms with Gasteiger partial charge in [-0.2, -0.15) is 0 Å². The summed E-state index contributed by atoms with van der Waals surface area (Å²) in [4.78, 5) is 12.2. The molecule has 3 aliphatic heterocycles. The van der Waals surface area contributed by atoms with Gasteiger partial charge in [-0.1, -0.05) is 84.9 Å². The average molecular weight is 356 g/mol. The standard InChI is InChI=1S/C23H16O4/c24-21-25-19-20(26-21)23(16-11-5-2-6-12-16)18-14-8-7-13-17(18)22(19,27-23)15-9-3-1-4-10-15/h1-14,19-20H/t19-,20-,22-,23-/m0/s1. The molecule has 0 unspecified atom stereocenters. The van der Waals surface area contributed by atoms with Gasteiger partial charge in [0.25, 0.3) is 0 Å². The van der Waals surface area contributed by atoms with E-state index in [-0.39, 0.29) is 0 Å². The molecule has 0 spiro atoms. The van der Waals surface area contributed by atoms with Gasteiger partial charge >= 0.3 is 6.16 Å². The Kier molecular flexibility index (Phi) is 2.77. The fraction of sp³-hybridized carbons (Fsp3) is 0.174. The first kappa shape index (κ1) is 15.0. The van der Waals surface area contributed by atoms with E-state index in [1.807, 2.05) is 72.8 Å². The van der Waals surface area contributed by atoms with Gasteiger partial charge in [0, 0.05) is 0 Å². The fourth-order valence-corrected chi connectivity index (χ4v) is 5.00. The second-order valence-electron chi connectivity index (χ2n) is 7.18. The van der Waals surface area contributed by atoms with Crippen LogP contribution in [0.3, 0.4) is 0 Å². The smallest absolute Gasteiger partial charge is 0.423 e. The number of rotatable bonds is 2. The summed E-state index contributed by atoms with van der Waals surface area (Å²) in [7, 11) is 0. The van der Waals surface area contributed by atoms with Crippen LogP contribution >= 0.6 is 0 Å². The summed E-state index contributed by atoms with van der Waals surface area (Å²) in [5.41, 5.74) is 2.20. The zero-order valence-electron chi connectivity index (χ0n) is 14.4. The van der Waals surface area contributed by atoms with Gasteiger partial charge in [-0.05, 0) is 22.3 Å². The molecule has 0 saturated carbocycles.